The van der Waals surface area contributed by atoms with Crippen LogP contribution in [0, 0.1) is 5.82 Å². The molecule has 24 heavy (non-hydrogen) atoms. The van der Waals surface area contributed by atoms with E-state index in [1.807, 2.05) is 40.1 Å². The molecule has 2 aromatic rings. The number of piperazine rings is 1. The molecule has 126 valence electrons. The largest absolute Gasteiger partial charge is 0.375 e. The molecule has 1 aliphatic rings. The zero-order valence-electron chi connectivity index (χ0n) is 13.2. The monoisotopic (exact) mass is 391 g/mol. The lowest BCUT2D eigenvalue weighted by Gasteiger charge is -2.36. The molecule has 1 saturated heterocycles. The summed E-state index contributed by atoms with van der Waals surface area (Å²) in [5.41, 5.74) is 1.51. The lowest BCUT2D eigenvalue weighted by molar-refractivity contribution is -0.129. The molecule has 0 bridgehead atoms. The van der Waals surface area contributed by atoms with E-state index >= 15 is 0 Å². The lowest BCUT2D eigenvalue weighted by Crippen LogP contribution is -2.50. The highest BCUT2D eigenvalue weighted by molar-refractivity contribution is 9.10. The summed E-state index contributed by atoms with van der Waals surface area (Å²) in [5.74, 6) is -0.160. The van der Waals surface area contributed by atoms with Gasteiger partial charge in [-0.25, -0.2) is 4.39 Å². The molecule has 1 fully saturated rings. The van der Waals surface area contributed by atoms with Crippen molar-refractivity contribution in [2.45, 2.75) is 0 Å². The average Bonchev–Trinajstić information content (AvgIpc) is 2.61. The highest BCUT2D eigenvalue weighted by Gasteiger charge is 2.22. The smallest absolute Gasteiger partial charge is 0.241 e. The predicted molar refractivity (Wildman–Crippen MR) is 97.8 cm³/mol. The average molecular weight is 392 g/mol. The molecule has 0 unspecified atom stereocenters. The van der Waals surface area contributed by atoms with Gasteiger partial charge in [0, 0.05) is 36.3 Å². The highest BCUT2D eigenvalue weighted by Crippen LogP contribution is 2.22. The first-order chi connectivity index (χ1) is 11.6. The third-order valence-corrected chi connectivity index (χ3v) is 4.82. The van der Waals surface area contributed by atoms with Crippen molar-refractivity contribution in [2.24, 2.45) is 0 Å². The van der Waals surface area contributed by atoms with Crippen LogP contribution in [-0.2, 0) is 4.79 Å². The van der Waals surface area contributed by atoms with Crippen LogP contribution in [-0.4, -0.2) is 43.5 Å². The summed E-state index contributed by atoms with van der Waals surface area (Å²) in [7, 11) is 0. The molecule has 2 aromatic carbocycles. The van der Waals surface area contributed by atoms with E-state index in [4.69, 9.17) is 0 Å². The van der Waals surface area contributed by atoms with Crippen LogP contribution < -0.4 is 10.2 Å². The molecule has 1 N–H and O–H groups in total. The molecule has 0 aliphatic carbocycles. The second-order valence-corrected chi connectivity index (χ2v) is 6.51. The van der Waals surface area contributed by atoms with E-state index in [0.717, 1.165) is 10.2 Å². The van der Waals surface area contributed by atoms with Gasteiger partial charge in [-0.3, -0.25) is 4.79 Å². The van der Waals surface area contributed by atoms with Gasteiger partial charge in [0.05, 0.1) is 12.2 Å². The summed E-state index contributed by atoms with van der Waals surface area (Å²) >= 11 is 3.45. The van der Waals surface area contributed by atoms with Gasteiger partial charge in [-0.1, -0.05) is 24.3 Å². The molecule has 1 amide bonds. The Kier molecular flexibility index (Phi) is 5.35. The zero-order chi connectivity index (χ0) is 16.9. The number of halogens is 2. The van der Waals surface area contributed by atoms with Gasteiger partial charge in [0.1, 0.15) is 5.82 Å². The molecule has 0 spiro atoms. The van der Waals surface area contributed by atoms with Crippen LogP contribution in [0.4, 0.5) is 15.8 Å². The Labute approximate surface area is 149 Å². The van der Waals surface area contributed by atoms with Gasteiger partial charge in [0.25, 0.3) is 0 Å². The minimum absolute atomic E-state index is 0.0546. The number of para-hydroxylation sites is 2. The fourth-order valence-electron chi connectivity index (χ4n) is 2.79. The van der Waals surface area contributed by atoms with Crippen molar-refractivity contribution in [3.63, 3.8) is 0 Å². The minimum atomic E-state index is -0.215. The summed E-state index contributed by atoms with van der Waals surface area (Å²) in [4.78, 5) is 16.2. The number of carbonyl (C=O) groups is 1. The van der Waals surface area contributed by atoms with Crippen LogP contribution in [0.15, 0.2) is 53.0 Å². The Hall–Kier alpha value is -2.08. The van der Waals surface area contributed by atoms with Crippen LogP contribution in [0.5, 0.6) is 0 Å². The van der Waals surface area contributed by atoms with Gasteiger partial charge >= 0.3 is 0 Å². The standard InChI is InChI=1S/C18H19BrFN3O/c19-14-5-1-3-7-16(14)21-13-18(24)23-11-9-22(10-12-23)17-8-4-2-6-15(17)20/h1-8,21H,9-13H2. The van der Waals surface area contributed by atoms with Gasteiger partial charge in [0.2, 0.25) is 5.91 Å². The summed E-state index contributed by atoms with van der Waals surface area (Å²) in [5, 5.41) is 3.15. The SMILES string of the molecule is O=C(CNc1ccccc1Br)N1CCN(c2ccccc2F)CC1. The van der Waals surface area contributed by atoms with E-state index < -0.39 is 0 Å². The van der Waals surface area contributed by atoms with Crippen molar-refractivity contribution >= 4 is 33.2 Å². The summed E-state index contributed by atoms with van der Waals surface area (Å²) < 4.78 is 14.8. The van der Waals surface area contributed by atoms with Crippen LogP contribution in [0.25, 0.3) is 0 Å². The summed E-state index contributed by atoms with van der Waals surface area (Å²) in [6.45, 7) is 2.74. The fraction of sp³-hybridized carbons (Fsp3) is 0.278. The van der Waals surface area contributed by atoms with Crippen LogP contribution >= 0.6 is 15.9 Å². The van der Waals surface area contributed by atoms with Crippen molar-refractivity contribution < 1.29 is 9.18 Å². The first kappa shape index (κ1) is 16.8. The van der Waals surface area contributed by atoms with Crippen LogP contribution in [0.2, 0.25) is 0 Å². The third-order valence-electron chi connectivity index (χ3n) is 4.13. The molecule has 0 radical (unpaired) electrons. The zero-order valence-corrected chi connectivity index (χ0v) is 14.8. The molecule has 0 aromatic heterocycles. The summed E-state index contributed by atoms with van der Waals surface area (Å²) in [6.07, 6.45) is 0. The Balaban J connectivity index is 1.52. The van der Waals surface area contributed by atoms with E-state index in [2.05, 4.69) is 21.2 Å². The van der Waals surface area contributed by atoms with Crippen molar-refractivity contribution in [1.82, 2.24) is 4.90 Å². The van der Waals surface area contributed by atoms with Crippen molar-refractivity contribution in [1.29, 1.82) is 0 Å². The molecular weight excluding hydrogens is 373 g/mol. The van der Waals surface area contributed by atoms with E-state index in [0.29, 0.717) is 31.9 Å². The highest BCUT2D eigenvalue weighted by atomic mass is 79.9. The lowest BCUT2D eigenvalue weighted by atomic mass is 10.2. The number of hydrogen-bond acceptors (Lipinski definition) is 3. The fourth-order valence-corrected chi connectivity index (χ4v) is 3.22. The van der Waals surface area contributed by atoms with Crippen LogP contribution in [0.1, 0.15) is 0 Å². The number of hydrogen-bond donors (Lipinski definition) is 1. The Morgan fingerprint density at radius 3 is 2.42 bits per heavy atom. The van der Waals surface area contributed by atoms with Gasteiger partial charge in [0.15, 0.2) is 0 Å². The third kappa shape index (κ3) is 3.87. The molecule has 3 rings (SSSR count). The molecule has 1 heterocycles. The van der Waals surface area contributed by atoms with E-state index in [9.17, 15) is 9.18 Å². The number of benzene rings is 2. The Morgan fingerprint density at radius 1 is 1.04 bits per heavy atom. The number of nitrogens with zero attached hydrogens (tertiary/aromatic N) is 2. The molecule has 4 nitrogen and oxygen atoms in total. The maximum atomic E-state index is 13.8. The van der Waals surface area contributed by atoms with Gasteiger partial charge in [-0.05, 0) is 40.2 Å². The number of anilines is 2. The Morgan fingerprint density at radius 2 is 1.71 bits per heavy atom. The van der Waals surface area contributed by atoms with Gasteiger partial charge in [-0.2, -0.15) is 0 Å². The quantitative estimate of drug-likeness (QED) is 0.867. The molecular formula is C18H19BrFN3O. The number of amides is 1. The van der Waals surface area contributed by atoms with Crippen LogP contribution in [0.3, 0.4) is 0 Å². The topological polar surface area (TPSA) is 35.6 Å². The first-order valence-corrected chi connectivity index (χ1v) is 8.70. The number of nitrogens with one attached hydrogen (secondary N) is 1. The Bertz CT molecular complexity index is 717. The van der Waals surface area contributed by atoms with Gasteiger partial charge in [-0.15, -0.1) is 0 Å². The van der Waals surface area contributed by atoms with Crippen molar-refractivity contribution in [2.75, 3.05) is 42.9 Å². The van der Waals surface area contributed by atoms with Crippen molar-refractivity contribution in [3.8, 4) is 0 Å². The first-order valence-electron chi connectivity index (χ1n) is 7.91. The van der Waals surface area contributed by atoms with Crippen molar-refractivity contribution in [3.05, 3.63) is 58.8 Å². The molecule has 6 heteroatoms. The van der Waals surface area contributed by atoms with E-state index in [1.165, 1.54) is 6.07 Å². The summed E-state index contributed by atoms with van der Waals surface area (Å²) in [6, 6.07) is 14.5. The molecule has 1 aliphatic heterocycles. The minimum Gasteiger partial charge on any atom is -0.375 e. The number of rotatable bonds is 4. The molecule has 0 saturated carbocycles. The van der Waals surface area contributed by atoms with E-state index in [-0.39, 0.29) is 18.3 Å². The number of carbonyl (C=O) groups excluding carboxylic acids is 1. The predicted octanol–water partition coefficient (Wildman–Crippen LogP) is 3.35. The maximum Gasteiger partial charge on any atom is 0.241 e. The normalized spacial score (nSPS) is 14.6. The van der Waals surface area contributed by atoms with Gasteiger partial charge < -0.3 is 15.1 Å². The maximum absolute atomic E-state index is 13.8. The molecule has 0 atom stereocenters. The van der Waals surface area contributed by atoms with E-state index in [1.54, 1.807) is 12.1 Å². The second kappa shape index (κ2) is 7.66. The second-order valence-electron chi connectivity index (χ2n) is 5.65.